The molecule has 0 atom stereocenters. The van der Waals surface area contributed by atoms with Crippen molar-refractivity contribution in [3.05, 3.63) is 77.3 Å². The van der Waals surface area contributed by atoms with Gasteiger partial charge in [-0.05, 0) is 53.9 Å². The number of anilines is 1. The van der Waals surface area contributed by atoms with Gasteiger partial charge in [0.25, 0.3) is 10.0 Å². The van der Waals surface area contributed by atoms with Crippen molar-refractivity contribution in [1.29, 1.82) is 0 Å². The van der Waals surface area contributed by atoms with E-state index in [1.807, 2.05) is 36.4 Å². The second kappa shape index (κ2) is 7.78. The highest BCUT2D eigenvalue weighted by Crippen LogP contribution is 2.36. The Morgan fingerprint density at radius 3 is 2.38 bits per heavy atom. The number of rotatable bonds is 5. The lowest BCUT2D eigenvalue weighted by Gasteiger charge is -2.11. The Bertz CT molecular complexity index is 1250. The molecule has 0 saturated heterocycles. The second-order valence-corrected chi connectivity index (χ2v) is 10.1. The normalized spacial score (nSPS) is 11.9. The summed E-state index contributed by atoms with van der Waals surface area (Å²) in [7, 11) is -3.69. The van der Waals surface area contributed by atoms with Crippen LogP contribution in [0.2, 0.25) is 5.02 Å². The highest BCUT2D eigenvalue weighted by molar-refractivity contribution is 7.92. The number of sulfonamides is 1. The van der Waals surface area contributed by atoms with Gasteiger partial charge in [-0.15, -0.1) is 11.3 Å². The molecule has 0 radical (unpaired) electrons. The molecule has 1 N–H and O–H groups in total. The van der Waals surface area contributed by atoms with Crippen LogP contribution in [0.4, 0.5) is 5.69 Å². The summed E-state index contributed by atoms with van der Waals surface area (Å²) in [5.74, 6) is 0.341. The zero-order chi connectivity index (χ0) is 20.6. The largest absolute Gasteiger partial charge is 0.280 e. The van der Waals surface area contributed by atoms with E-state index >= 15 is 0 Å². The Morgan fingerprint density at radius 1 is 1.00 bits per heavy atom. The van der Waals surface area contributed by atoms with E-state index < -0.39 is 10.0 Å². The van der Waals surface area contributed by atoms with Gasteiger partial charge in [-0.2, -0.15) is 0 Å². The molecule has 0 aliphatic carbocycles. The number of fused-ring (bicyclic) bond motifs is 1. The quantitative estimate of drug-likeness (QED) is 0.381. The van der Waals surface area contributed by atoms with Crippen molar-refractivity contribution in [2.24, 2.45) is 0 Å². The topological polar surface area (TPSA) is 59.1 Å². The zero-order valence-corrected chi connectivity index (χ0v) is 18.3. The summed E-state index contributed by atoms with van der Waals surface area (Å²) in [6, 6.07) is 19.9. The number of halogens is 1. The van der Waals surface area contributed by atoms with E-state index in [2.05, 4.69) is 23.6 Å². The fourth-order valence-electron chi connectivity index (χ4n) is 2.99. The van der Waals surface area contributed by atoms with E-state index in [-0.39, 0.29) is 4.90 Å². The van der Waals surface area contributed by atoms with Gasteiger partial charge in [0.2, 0.25) is 0 Å². The number of nitrogens with one attached hydrogen (secondary N) is 1. The molecular weight excluding hydrogens is 424 g/mol. The molecule has 1 aromatic heterocycles. The minimum absolute atomic E-state index is 0.216. The lowest BCUT2D eigenvalue weighted by Crippen LogP contribution is -2.13. The van der Waals surface area contributed by atoms with Gasteiger partial charge in [0, 0.05) is 5.56 Å². The summed E-state index contributed by atoms with van der Waals surface area (Å²) in [5.41, 5.74) is 3.19. The van der Waals surface area contributed by atoms with Gasteiger partial charge in [0.05, 0.1) is 25.8 Å². The first-order chi connectivity index (χ1) is 13.8. The Balaban J connectivity index is 1.60. The van der Waals surface area contributed by atoms with Crippen molar-refractivity contribution in [1.82, 2.24) is 4.98 Å². The zero-order valence-electron chi connectivity index (χ0n) is 15.9. The van der Waals surface area contributed by atoms with E-state index in [0.29, 0.717) is 16.6 Å². The molecule has 0 spiro atoms. The average molecular weight is 443 g/mol. The Labute approximate surface area is 179 Å². The van der Waals surface area contributed by atoms with Gasteiger partial charge >= 0.3 is 0 Å². The molecule has 0 aliphatic rings. The van der Waals surface area contributed by atoms with Gasteiger partial charge in [-0.3, -0.25) is 4.72 Å². The Morgan fingerprint density at radius 2 is 1.72 bits per heavy atom. The van der Waals surface area contributed by atoms with Crippen molar-refractivity contribution < 1.29 is 8.42 Å². The molecule has 1 heterocycles. The maximum Gasteiger partial charge on any atom is 0.261 e. The van der Waals surface area contributed by atoms with Gasteiger partial charge in [0.15, 0.2) is 0 Å². The van der Waals surface area contributed by atoms with E-state index in [1.54, 1.807) is 41.7 Å². The number of aromatic nitrogens is 1. The minimum Gasteiger partial charge on any atom is -0.280 e. The molecule has 3 aromatic carbocycles. The van der Waals surface area contributed by atoms with Gasteiger partial charge in [-0.25, -0.2) is 13.4 Å². The summed E-state index contributed by atoms with van der Waals surface area (Å²) in [5, 5.41) is 1.24. The molecule has 0 amide bonds. The first-order valence-corrected chi connectivity index (χ1v) is 11.8. The number of para-hydroxylation sites is 1. The summed E-state index contributed by atoms with van der Waals surface area (Å²) in [4.78, 5) is 4.83. The molecule has 4 rings (SSSR count). The van der Waals surface area contributed by atoms with Gasteiger partial charge < -0.3 is 0 Å². The maximum atomic E-state index is 12.7. The predicted molar refractivity (Wildman–Crippen MR) is 121 cm³/mol. The van der Waals surface area contributed by atoms with E-state index in [1.165, 1.54) is 0 Å². The predicted octanol–water partition coefficient (Wildman–Crippen LogP) is 6.54. The number of hydrogen-bond donors (Lipinski definition) is 1. The van der Waals surface area contributed by atoms with Crippen molar-refractivity contribution in [2.45, 2.75) is 24.7 Å². The van der Waals surface area contributed by atoms with Crippen molar-refractivity contribution >= 4 is 48.9 Å². The molecule has 4 nitrogen and oxygen atoms in total. The molecule has 148 valence electrons. The summed E-state index contributed by atoms with van der Waals surface area (Å²) in [6.45, 7) is 4.13. The molecule has 0 unspecified atom stereocenters. The smallest absolute Gasteiger partial charge is 0.261 e. The number of nitrogens with zero attached hydrogens (tertiary/aromatic N) is 1. The van der Waals surface area contributed by atoms with Crippen molar-refractivity contribution in [3.8, 4) is 10.6 Å². The van der Waals surface area contributed by atoms with Crippen LogP contribution in [0.5, 0.6) is 0 Å². The number of thiazole rings is 1. The third-order valence-corrected chi connectivity index (χ3v) is 7.38. The monoisotopic (exact) mass is 442 g/mol. The molecule has 29 heavy (non-hydrogen) atoms. The molecule has 0 aliphatic heterocycles. The first kappa shape index (κ1) is 19.9. The maximum absolute atomic E-state index is 12.7. The SMILES string of the molecule is CC(C)c1ccc(S(=O)(=O)Nc2ccc(-c3nc4ccccc4s3)c(Cl)c2)cc1. The van der Waals surface area contributed by atoms with Crippen LogP contribution in [0.3, 0.4) is 0 Å². The van der Waals surface area contributed by atoms with E-state index in [9.17, 15) is 8.42 Å². The van der Waals surface area contributed by atoms with Crippen molar-refractivity contribution in [3.63, 3.8) is 0 Å². The van der Waals surface area contributed by atoms with Crippen LogP contribution in [0.25, 0.3) is 20.8 Å². The minimum atomic E-state index is -3.69. The van der Waals surface area contributed by atoms with Crippen molar-refractivity contribution in [2.75, 3.05) is 4.72 Å². The third-order valence-electron chi connectivity index (χ3n) is 4.60. The third kappa shape index (κ3) is 4.15. The van der Waals surface area contributed by atoms with E-state index in [0.717, 1.165) is 26.4 Å². The molecule has 4 aromatic rings. The molecular formula is C22H19ClN2O2S2. The average Bonchev–Trinajstić information content (AvgIpc) is 3.11. The van der Waals surface area contributed by atoms with Crippen LogP contribution < -0.4 is 4.72 Å². The lowest BCUT2D eigenvalue weighted by atomic mass is 10.0. The summed E-state index contributed by atoms with van der Waals surface area (Å²) in [6.07, 6.45) is 0. The molecule has 0 fully saturated rings. The fraction of sp³-hybridized carbons (Fsp3) is 0.136. The summed E-state index contributed by atoms with van der Waals surface area (Å²) < 4.78 is 29.1. The van der Waals surface area contributed by atoms with Gasteiger partial charge in [0.1, 0.15) is 5.01 Å². The molecule has 0 bridgehead atoms. The second-order valence-electron chi connectivity index (χ2n) is 7.01. The fourth-order valence-corrected chi connectivity index (χ4v) is 5.37. The first-order valence-electron chi connectivity index (χ1n) is 9.12. The highest BCUT2D eigenvalue weighted by atomic mass is 35.5. The number of benzene rings is 3. The Hall–Kier alpha value is -2.41. The van der Waals surface area contributed by atoms with Crippen LogP contribution >= 0.6 is 22.9 Å². The van der Waals surface area contributed by atoms with Gasteiger partial charge in [-0.1, -0.05) is 49.7 Å². The Kier molecular flexibility index (Phi) is 5.34. The lowest BCUT2D eigenvalue weighted by molar-refractivity contribution is 0.601. The molecule has 0 saturated carbocycles. The standard InChI is InChI=1S/C22H19ClN2O2S2/c1-14(2)15-7-10-17(11-8-15)29(26,27)25-16-9-12-18(19(23)13-16)22-24-20-5-3-4-6-21(20)28-22/h3-14,25H,1-2H3. The summed E-state index contributed by atoms with van der Waals surface area (Å²) >= 11 is 8.00. The highest BCUT2D eigenvalue weighted by Gasteiger charge is 2.16. The van der Waals surface area contributed by atoms with Crippen LogP contribution in [0.1, 0.15) is 25.3 Å². The van der Waals surface area contributed by atoms with Crippen LogP contribution in [0, 0.1) is 0 Å². The number of hydrogen-bond acceptors (Lipinski definition) is 4. The van der Waals surface area contributed by atoms with Crippen LogP contribution in [-0.2, 0) is 10.0 Å². The van der Waals surface area contributed by atoms with E-state index in [4.69, 9.17) is 11.6 Å². The van der Waals surface area contributed by atoms with Crippen LogP contribution in [0.15, 0.2) is 71.6 Å². The van der Waals surface area contributed by atoms with Crippen LogP contribution in [-0.4, -0.2) is 13.4 Å². The molecule has 7 heteroatoms.